The predicted octanol–water partition coefficient (Wildman–Crippen LogP) is 0.0364. The molecule has 0 aromatic carbocycles. The third-order valence-electron chi connectivity index (χ3n) is 0.684. The average Bonchev–Trinajstić information content (AvgIpc) is 1.79. The van der Waals surface area contributed by atoms with E-state index in [1.165, 1.54) is 0 Å². The molecule has 7 heteroatoms. The maximum atomic E-state index is 11.6. The van der Waals surface area contributed by atoms with Crippen LogP contribution in [0.3, 0.4) is 0 Å². The number of primary amides is 1. The minimum absolute atomic E-state index is 0.884. The number of rotatable bonds is 2. The summed E-state index contributed by atoms with van der Waals surface area (Å²) in [5.41, 5.74) is 2.59. The van der Waals surface area contributed by atoms with Crippen molar-refractivity contribution in [1.29, 1.82) is 0 Å². The Morgan fingerprint density at radius 2 is 2.00 bits per heavy atom. The van der Waals surface area contributed by atoms with Gasteiger partial charge in [-0.25, -0.2) is 0 Å². The van der Waals surface area contributed by atoms with E-state index in [-0.39, 0.29) is 0 Å². The summed E-state index contributed by atoms with van der Waals surface area (Å²) in [5.74, 6) is -1.67. The number of oxime groups is 1. The Morgan fingerprint density at radius 1 is 1.55 bits per heavy atom. The maximum absolute atomic E-state index is 11.6. The van der Waals surface area contributed by atoms with E-state index in [1.807, 2.05) is 0 Å². The zero-order chi connectivity index (χ0) is 9.07. The van der Waals surface area contributed by atoms with Gasteiger partial charge in [0.05, 0.1) is 0 Å². The van der Waals surface area contributed by atoms with E-state index in [0.717, 1.165) is 7.11 Å². The van der Waals surface area contributed by atoms with E-state index in [2.05, 4.69) is 15.7 Å². The van der Waals surface area contributed by atoms with Crippen LogP contribution in [-0.2, 0) is 9.63 Å². The third-order valence-corrected chi connectivity index (χ3v) is 0.684. The van der Waals surface area contributed by atoms with Crippen LogP contribution >= 0.6 is 0 Å². The van der Waals surface area contributed by atoms with E-state index in [0.29, 0.717) is 0 Å². The normalized spacial score (nSPS) is 12.9. The van der Waals surface area contributed by atoms with Gasteiger partial charge in [-0.3, -0.25) is 4.79 Å². The summed E-state index contributed by atoms with van der Waals surface area (Å²) in [6, 6.07) is 0. The number of nitrogens with zero attached hydrogens (tertiary/aromatic N) is 1. The van der Waals surface area contributed by atoms with Crippen LogP contribution in [0.4, 0.5) is 13.2 Å². The summed E-state index contributed by atoms with van der Waals surface area (Å²) in [4.78, 5) is 13.8. The maximum Gasteiger partial charge on any atom is 0.442 e. The molecule has 0 saturated carbocycles. The predicted molar refractivity (Wildman–Crippen MR) is 29.7 cm³/mol. The van der Waals surface area contributed by atoms with Crippen molar-refractivity contribution in [3.8, 4) is 0 Å². The minimum atomic E-state index is -4.86. The van der Waals surface area contributed by atoms with Gasteiger partial charge >= 0.3 is 6.18 Å². The first kappa shape index (κ1) is 9.73. The highest BCUT2D eigenvalue weighted by Crippen LogP contribution is 2.16. The van der Waals surface area contributed by atoms with Crippen molar-refractivity contribution in [2.45, 2.75) is 6.18 Å². The zero-order valence-corrected chi connectivity index (χ0v) is 5.47. The molecule has 11 heavy (non-hydrogen) atoms. The molecule has 0 aromatic rings. The average molecular weight is 170 g/mol. The SMILES string of the molecule is CON=C(C(N)=O)C(F)(F)F. The molecule has 4 nitrogen and oxygen atoms in total. The van der Waals surface area contributed by atoms with E-state index >= 15 is 0 Å². The lowest BCUT2D eigenvalue weighted by molar-refractivity contribution is -0.117. The molecule has 0 aromatic heterocycles. The summed E-state index contributed by atoms with van der Waals surface area (Å²) in [6.45, 7) is 0. The highest BCUT2D eigenvalue weighted by Gasteiger charge is 2.40. The van der Waals surface area contributed by atoms with Crippen LogP contribution < -0.4 is 5.73 Å². The monoisotopic (exact) mass is 170 g/mol. The van der Waals surface area contributed by atoms with Crippen LogP contribution in [0.15, 0.2) is 5.16 Å². The van der Waals surface area contributed by atoms with Gasteiger partial charge in [0.15, 0.2) is 0 Å². The van der Waals surface area contributed by atoms with Crippen LogP contribution in [0, 0.1) is 0 Å². The molecule has 0 aliphatic rings. The Morgan fingerprint density at radius 3 is 2.09 bits per heavy atom. The fraction of sp³-hybridized carbons (Fsp3) is 0.500. The molecular weight excluding hydrogens is 165 g/mol. The first-order valence-electron chi connectivity index (χ1n) is 2.37. The first-order chi connectivity index (χ1) is 4.89. The summed E-state index contributed by atoms with van der Waals surface area (Å²) in [7, 11) is 0.884. The molecule has 0 radical (unpaired) electrons. The van der Waals surface area contributed by atoms with E-state index < -0.39 is 17.8 Å². The van der Waals surface area contributed by atoms with E-state index in [9.17, 15) is 18.0 Å². The molecule has 0 aliphatic carbocycles. The van der Waals surface area contributed by atoms with E-state index in [1.54, 1.807) is 0 Å². The summed E-state index contributed by atoms with van der Waals surface area (Å²) < 4.78 is 34.9. The molecule has 0 saturated heterocycles. The minimum Gasteiger partial charge on any atom is -0.398 e. The largest absolute Gasteiger partial charge is 0.442 e. The van der Waals surface area contributed by atoms with Gasteiger partial charge in [0, 0.05) is 0 Å². The summed E-state index contributed by atoms with van der Waals surface area (Å²) >= 11 is 0. The molecule has 1 amide bonds. The molecule has 2 N–H and O–H groups in total. The molecule has 0 bridgehead atoms. The number of carbonyl (C=O) groups excluding carboxylic acids is 1. The molecular formula is C4H5F3N2O2. The molecule has 0 heterocycles. The van der Waals surface area contributed by atoms with Crippen molar-refractivity contribution in [1.82, 2.24) is 0 Å². The van der Waals surface area contributed by atoms with Crippen molar-refractivity contribution < 1.29 is 22.8 Å². The Bertz CT molecular complexity index is 186. The number of halogens is 3. The molecule has 0 aliphatic heterocycles. The summed E-state index contributed by atoms with van der Waals surface area (Å²) in [6.07, 6.45) is -4.86. The molecule has 0 atom stereocenters. The highest BCUT2D eigenvalue weighted by atomic mass is 19.4. The topological polar surface area (TPSA) is 64.7 Å². The molecule has 0 rings (SSSR count). The van der Waals surface area contributed by atoms with Crippen LogP contribution in [0.25, 0.3) is 0 Å². The van der Waals surface area contributed by atoms with Crippen molar-refractivity contribution in [3.63, 3.8) is 0 Å². The highest BCUT2D eigenvalue weighted by molar-refractivity contribution is 6.40. The lowest BCUT2D eigenvalue weighted by Crippen LogP contribution is -2.36. The Labute approximate surface area is 59.8 Å². The summed E-state index contributed by atoms with van der Waals surface area (Å²) in [5, 5.41) is 2.41. The van der Waals surface area contributed by atoms with Crippen LogP contribution in [0.2, 0.25) is 0 Å². The fourth-order valence-corrected chi connectivity index (χ4v) is 0.328. The number of hydrogen-bond acceptors (Lipinski definition) is 3. The van der Waals surface area contributed by atoms with Crippen LogP contribution in [0.5, 0.6) is 0 Å². The van der Waals surface area contributed by atoms with Gasteiger partial charge in [0.25, 0.3) is 5.91 Å². The van der Waals surface area contributed by atoms with Crippen molar-refractivity contribution in [3.05, 3.63) is 0 Å². The second kappa shape index (κ2) is 3.22. The molecule has 64 valence electrons. The molecule has 0 spiro atoms. The number of amides is 1. The number of hydrogen-bond donors (Lipinski definition) is 1. The number of alkyl halides is 3. The third kappa shape index (κ3) is 2.87. The smallest absolute Gasteiger partial charge is 0.398 e. The molecule has 0 unspecified atom stereocenters. The Balaban J connectivity index is 4.63. The standard InChI is InChI=1S/C4H5F3N2O2/c1-11-9-2(3(8)10)4(5,6)7/h1H3,(H2,8,10). The second-order valence-electron chi connectivity index (χ2n) is 1.48. The zero-order valence-electron chi connectivity index (χ0n) is 5.47. The van der Waals surface area contributed by atoms with Gasteiger partial charge in [0.2, 0.25) is 5.71 Å². The van der Waals surface area contributed by atoms with Crippen molar-refractivity contribution in [2.24, 2.45) is 10.9 Å². The second-order valence-corrected chi connectivity index (χ2v) is 1.48. The first-order valence-corrected chi connectivity index (χ1v) is 2.37. The lowest BCUT2D eigenvalue weighted by atomic mass is 10.3. The van der Waals surface area contributed by atoms with E-state index in [4.69, 9.17) is 0 Å². The fourth-order valence-electron chi connectivity index (χ4n) is 0.328. The van der Waals surface area contributed by atoms with Crippen molar-refractivity contribution in [2.75, 3.05) is 7.11 Å². The number of nitrogens with two attached hydrogens (primary N) is 1. The van der Waals surface area contributed by atoms with Crippen molar-refractivity contribution >= 4 is 11.6 Å². The van der Waals surface area contributed by atoms with Crippen LogP contribution in [-0.4, -0.2) is 24.9 Å². The number of carbonyl (C=O) groups is 1. The lowest BCUT2D eigenvalue weighted by Gasteiger charge is -2.04. The Kier molecular flexibility index (Phi) is 2.85. The molecule has 0 fully saturated rings. The van der Waals surface area contributed by atoms with Gasteiger partial charge in [-0.15, -0.1) is 0 Å². The van der Waals surface area contributed by atoms with Gasteiger partial charge < -0.3 is 10.6 Å². The van der Waals surface area contributed by atoms with Gasteiger partial charge in [-0.1, -0.05) is 5.16 Å². The van der Waals surface area contributed by atoms with Crippen LogP contribution in [0.1, 0.15) is 0 Å². The van der Waals surface area contributed by atoms with Gasteiger partial charge in [-0.05, 0) is 0 Å². The van der Waals surface area contributed by atoms with Gasteiger partial charge in [0.1, 0.15) is 7.11 Å². The quantitative estimate of drug-likeness (QED) is 0.469. The Hall–Kier alpha value is -1.27. The van der Waals surface area contributed by atoms with Gasteiger partial charge in [-0.2, -0.15) is 13.2 Å².